The molecule has 5 nitrogen and oxygen atoms in total. The van der Waals surface area contributed by atoms with Crippen LogP contribution in [-0.2, 0) is 6.54 Å². The van der Waals surface area contributed by atoms with E-state index in [1.54, 1.807) is 23.0 Å². The van der Waals surface area contributed by atoms with Crippen molar-refractivity contribution in [2.24, 2.45) is 10.7 Å². The number of hydrogen-bond acceptors (Lipinski definition) is 2. The van der Waals surface area contributed by atoms with Gasteiger partial charge in [0.1, 0.15) is 11.6 Å². The van der Waals surface area contributed by atoms with Gasteiger partial charge in [-0.05, 0) is 37.5 Å². The summed E-state index contributed by atoms with van der Waals surface area (Å²) in [5.41, 5.74) is 7.24. The largest absolute Gasteiger partial charge is 0.370 e. The number of rotatable bonds is 4. The second kappa shape index (κ2) is 9.17. The summed E-state index contributed by atoms with van der Waals surface area (Å²) in [6, 6.07) is 5.55. The standard InChI is InChI=1S/C18H24FN5.HI/c1-13-21-9-10-24(13)17-8-7-14(11-16(17)19)12-22-18(20)23-15-5-3-2-4-6-15;/h7-11,15H,2-6,12H2,1H3,(H3,20,22,23);1H. The van der Waals surface area contributed by atoms with E-state index >= 15 is 0 Å². The van der Waals surface area contributed by atoms with Crippen LogP contribution in [0.25, 0.3) is 5.69 Å². The quantitative estimate of drug-likeness (QED) is 0.418. The van der Waals surface area contributed by atoms with Gasteiger partial charge >= 0.3 is 0 Å². The maximum Gasteiger partial charge on any atom is 0.189 e. The zero-order valence-electron chi connectivity index (χ0n) is 14.4. The number of aliphatic imine (C=N–C) groups is 1. The van der Waals surface area contributed by atoms with Gasteiger partial charge in [0.15, 0.2) is 5.96 Å². The number of aromatic nitrogens is 2. The summed E-state index contributed by atoms with van der Waals surface area (Å²) in [6.07, 6.45) is 9.48. The lowest BCUT2D eigenvalue weighted by Gasteiger charge is -2.23. The molecule has 25 heavy (non-hydrogen) atoms. The summed E-state index contributed by atoms with van der Waals surface area (Å²) < 4.78 is 16.1. The number of nitrogens with zero attached hydrogens (tertiary/aromatic N) is 3. The van der Waals surface area contributed by atoms with Gasteiger partial charge in [0.05, 0.1) is 12.2 Å². The van der Waals surface area contributed by atoms with Gasteiger partial charge in [-0.3, -0.25) is 0 Å². The molecule has 1 saturated carbocycles. The number of hydrogen-bond donors (Lipinski definition) is 2. The number of aryl methyl sites for hydroxylation is 1. The van der Waals surface area contributed by atoms with Gasteiger partial charge in [-0.1, -0.05) is 25.3 Å². The maximum atomic E-state index is 14.3. The van der Waals surface area contributed by atoms with Gasteiger partial charge in [0.25, 0.3) is 0 Å². The van der Waals surface area contributed by atoms with E-state index in [1.165, 1.54) is 25.3 Å². The Labute approximate surface area is 165 Å². The summed E-state index contributed by atoms with van der Waals surface area (Å²) in [7, 11) is 0. The highest BCUT2D eigenvalue weighted by atomic mass is 127. The molecule has 0 atom stereocenters. The molecule has 0 bridgehead atoms. The first-order valence-electron chi connectivity index (χ1n) is 8.48. The van der Waals surface area contributed by atoms with Crippen LogP contribution in [0.4, 0.5) is 4.39 Å². The normalized spacial score (nSPS) is 15.7. The van der Waals surface area contributed by atoms with Crippen LogP contribution in [-0.4, -0.2) is 21.6 Å². The van der Waals surface area contributed by atoms with Crippen LogP contribution in [0.5, 0.6) is 0 Å². The van der Waals surface area contributed by atoms with Crippen molar-refractivity contribution in [3.05, 3.63) is 47.8 Å². The van der Waals surface area contributed by atoms with Crippen LogP contribution in [0.2, 0.25) is 0 Å². The average molecular weight is 457 g/mol. The molecule has 0 unspecified atom stereocenters. The molecule has 1 aromatic carbocycles. The first-order valence-corrected chi connectivity index (χ1v) is 8.48. The molecule has 0 amide bonds. The lowest BCUT2D eigenvalue weighted by atomic mass is 9.96. The highest BCUT2D eigenvalue weighted by molar-refractivity contribution is 14.0. The molecule has 1 aliphatic rings. The van der Waals surface area contributed by atoms with Crippen molar-refractivity contribution in [2.75, 3.05) is 0 Å². The third-order valence-electron chi connectivity index (χ3n) is 4.49. The zero-order chi connectivity index (χ0) is 16.9. The Balaban J connectivity index is 0.00000225. The van der Waals surface area contributed by atoms with Gasteiger partial charge in [-0.2, -0.15) is 0 Å². The summed E-state index contributed by atoms with van der Waals surface area (Å²) in [4.78, 5) is 8.46. The van der Waals surface area contributed by atoms with Crippen LogP contribution < -0.4 is 11.1 Å². The molecule has 7 heteroatoms. The minimum absolute atomic E-state index is 0. The molecule has 0 radical (unpaired) electrons. The lowest BCUT2D eigenvalue weighted by Crippen LogP contribution is -2.41. The molecule has 0 aliphatic heterocycles. The van der Waals surface area contributed by atoms with Crippen molar-refractivity contribution < 1.29 is 4.39 Å². The van der Waals surface area contributed by atoms with Crippen molar-refractivity contribution in [1.29, 1.82) is 0 Å². The minimum atomic E-state index is -0.289. The fraction of sp³-hybridized carbons (Fsp3) is 0.444. The van der Waals surface area contributed by atoms with Crippen LogP contribution >= 0.6 is 24.0 Å². The number of nitrogens with two attached hydrogens (primary N) is 1. The van der Waals surface area contributed by atoms with E-state index in [-0.39, 0.29) is 29.8 Å². The number of halogens is 2. The molecule has 0 saturated heterocycles. The molecular formula is C18H25FIN5. The first-order chi connectivity index (χ1) is 11.6. The minimum Gasteiger partial charge on any atom is -0.370 e. The van der Waals surface area contributed by atoms with E-state index < -0.39 is 0 Å². The summed E-state index contributed by atoms with van der Waals surface area (Å²) >= 11 is 0. The molecule has 1 heterocycles. The fourth-order valence-electron chi connectivity index (χ4n) is 3.15. The van der Waals surface area contributed by atoms with Crippen LogP contribution in [0, 0.1) is 12.7 Å². The molecule has 1 aromatic heterocycles. The van der Waals surface area contributed by atoms with Crippen molar-refractivity contribution >= 4 is 29.9 Å². The van der Waals surface area contributed by atoms with Crippen molar-refractivity contribution in [1.82, 2.24) is 14.9 Å². The van der Waals surface area contributed by atoms with Crippen LogP contribution in [0.15, 0.2) is 35.6 Å². The molecule has 3 rings (SSSR count). The molecule has 136 valence electrons. The summed E-state index contributed by atoms with van der Waals surface area (Å²) in [5, 5.41) is 3.27. The van der Waals surface area contributed by atoms with E-state index in [0.29, 0.717) is 24.2 Å². The zero-order valence-corrected chi connectivity index (χ0v) is 16.7. The van der Waals surface area contributed by atoms with Gasteiger partial charge in [-0.15, -0.1) is 24.0 Å². The molecule has 1 fully saturated rings. The Bertz CT molecular complexity index is 722. The Hall–Kier alpha value is -1.64. The lowest BCUT2D eigenvalue weighted by molar-refractivity contribution is 0.412. The molecule has 1 aliphatic carbocycles. The van der Waals surface area contributed by atoms with Gasteiger partial charge in [0, 0.05) is 18.4 Å². The number of nitrogens with one attached hydrogen (secondary N) is 1. The van der Waals surface area contributed by atoms with Gasteiger partial charge in [0.2, 0.25) is 0 Å². The number of guanidine groups is 1. The second-order valence-electron chi connectivity index (χ2n) is 6.31. The Morgan fingerprint density at radius 1 is 1.36 bits per heavy atom. The predicted octanol–water partition coefficient (Wildman–Crippen LogP) is 3.67. The topological polar surface area (TPSA) is 68.2 Å². The highest BCUT2D eigenvalue weighted by Crippen LogP contribution is 2.18. The smallest absolute Gasteiger partial charge is 0.189 e. The molecule has 0 spiro atoms. The van der Waals surface area contributed by atoms with Gasteiger partial charge < -0.3 is 15.6 Å². The SMILES string of the molecule is Cc1nccn1-c1ccc(CN=C(N)NC2CCCCC2)cc1F.I. The Morgan fingerprint density at radius 2 is 2.12 bits per heavy atom. The Kier molecular flexibility index (Phi) is 7.22. The third kappa shape index (κ3) is 5.17. The highest BCUT2D eigenvalue weighted by Gasteiger charge is 2.13. The Morgan fingerprint density at radius 3 is 2.76 bits per heavy atom. The van der Waals surface area contributed by atoms with Crippen molar-refractivity contribution in [3.63, 3.8) is 0 Å². The molecule has 3 N–H and O–H groups in total. The van der Waals surface area contributed by atoms with E-state index in [1.807, 2.05) is 13.0 Å². The third-order valence-corrected chi connectivity index (χ3v) is 4.49. The monoisotopic (exact) mass is 457 g/mol. The van der Waals surface area contributed by atoms with Crippen LogP contribution in [0.1, 0.15) is 43.5 Å². The van der Waals surface area contributed by atoms with E-state index in [9.17, 15) is 4.39 Å². The maximum absolute atomic E-state index is 14.3. The average Bonchev–Trinajstić information content (AvgIpc) is 3.00. The fourth-order valence-corrected chi connectivity index (χ4v) is 3.15. The number of imidazole rings is 1. The van der Waals surface area contributed by atoms with Crippen LogP contribution in [0.3, 0.4) is 0 Å². The van der Waals surface area contributed by atoms with E-state index in [2.05, 4.69) is 15.3 Å². The summed E-state index contributed by atoms with van der Waals surface area (Å²) in [6.45, 7) is 2.21. The molecular weight excluding hydrogens is 432 g/mol. The number of benzene rings is 1. The molecule has 2 aromatic rings. The first kappa shape index (κ1) is 19.7. The summed E-state index contributed by atoms with van der Waals surface area (Å²) in [5.74, 6) is 0.903. The van der Waals surface area contributed by atoms with E-state index in [0.717, 1.165) is 24.2 Å². The van der Waals surface area contributed by atoms with Gasteiger partial charge in [-0.25, -0.2) is 14.4 Å². The van der Waals surface area contributed by atoms with Crippen molar-refractivity contribution in [3.8, 4) is 5.69 Å². The second-order valence-corrected chi connectivity index (χ2v) is 6.31. The van der Waals surface area contributed by atoms with Crippen molar-refractivity contribution in [2.45, 2.75) is 51.6 Å². The van der Waals surface area contributed by atoms with E-state index in [4.69, 9.17) is 5.73 Å². The predicted molar refractivity (Wildman–Crippen MR) is 109 cm³/mol.